The number of carbonyl (C=O) groups excluding carboxylic acids is 1. The Hall–Kier alpha value is -0.570. The number of unbranched alkanes of at least 4 members (excludes halogenated alkanes) is 13. The second kappa shape index (κ2) is 18.8. The number of hydrogen-bond donors (Lipinski definition) is 2. The van der Waals surface area contributed by atoms with Crippen LogP contribution in [0.2, 0.25) is 0 Å². The zero-order valence-corrected chi connectivity index (χ0v) is 18.3. The van der Waals surface area contributed by atoms with Gasteiger partial charge >= 0.3 is 0 Å². The van der Waals surface area contributed by atoms with Gasteiger partial charge in [0.15, 0.2) is 0 Å². The van der Waals surface area contributed by atoms with E-state index in [1.165, 1.54) is 122 Å². The lowest BCUT2D eigenvalue weighted by atomic mass is 9.95. The third-order valence-electron chi connectivity index (χ3n) is 5.96. The van der Waals surface area contributed by atoms with Crippen LogP contribution in [0.5, 0.6) is 0 Å². The van der Waals surface area contributed by atoms with Crippen molar-refractivity contribution in [1.82, 2.24) is 10.6 Å². The number of rotatable bonds is 18. The van der Waals surface area contributed by atoms with Gasteiger partial charge in [0.1, 0.15) is 0 Å². The number of hydrogen-bond acceptors (Lipinski definition) is 2. The maximum absolute atomic E-state index is 11.9. The largest absolute Gasteiger partial charge is 0.352 e. The van der Waals surface area contributed by atoms with Crippen LogP contribution in [0.25, 0.3) is 0 Å². The van der Waals surface area contributed by atoms with Gasteiger partial charge in [-0.15, -0.1) is 0 Å². The molecule has 0 saturated heterocycles. The summed E-state index contributed by atoms with van der Waals surface area (Å²) in [5.41, 5.74) is 0. The highest BCUT2D eigenvalue weighted by molar-refractivity contribution is 5.78. The second-order valence-corrected chi connectivity index (χ2v) is 8.68. The molecule has 1 fully saturated rings. The molecule has 0 aliphatic heterocycles. The summed E-state index contributed by atoms with van der Waals surface area (Å²) in [5.74, 6) is 0.187. The SMILES string of the molecule is CCCCCCCCCCCCCCCCNCC(=O)NC1CCCCC1. The van der Waals surface area contributed by atoms with Crippen LogP contribution in [-0.2, 0) is 4.79 Å². The van der Waals surface area contributed by atoms with E-state index in [2.05, 4.69) is 17.6 Å². The standard InChI is InChI=1S/C24H48N2O/c1-2-3-4-5-6-7-8-9-10-11-12-13-14-18-21-25-22-24(27)26-23-19-16-15-17-20-23/h23,25H,2-22H2,1H3,(H,26,27). The van der Waals surface area contributed by atoms with Crippen LogP contribution in [0.3, 0.4) is 0 Å². The molecule has 160 valence electrons. The molecule has 0 aromatic carbocycles. The fraction of sp³-hybridized carbons (Fsp3) is 0.958. The molecule has 0 unspecified atom stereocenters. The summed E-state index contributed by atoms with van der Waals surface area (Å²) in [6, 6.07) is 0.439. The molecule has 0 heterocycles. The molecule has 0 bridgehead atoms. The van der Waals surface area contributed by atoms with E-state index in [1.807, 2.05) is 0 Å². The Labute approximate surface area is 169 Å². The maximum Gasteiger partial charge on any atom is 0.234 e. The summed E-state index contributed by atoms with van der Waals surface area (Å²) >= 11 is 0. The summed E-state index contributed by atoms with van der Waals surface area (Å²) in [5, 5.41) is 6.48. The van der Waals surface area contributed by atoms with Crippen LogP contribution in [-0.4, -0.2) is 25.0 Å². The van der Waals surface area contributed by atoms with Crippen molar-refractivity contribution in [3.8, 4) is 0 Å². The third-order valence-corrected chi connectivity index (χ3v) is 5.96. The van der Waals surface area contributed by atoms with Gasteiger partial charge in [0, 0.05) is 6.04 Å². The van der Waals surface area contributed by atoms with Gasteiger partial charge in [0.25, 0.3) is 0 Å². The van der Waals surface area contributed by atoms with Gasteiger partial charge < -0.3 is 10.6 Å². The van der Waals surface area contributed by atoms with Crippen molar-refractivity contribution < 1.29 is 4.79 Å². The van der Waals surface area contributed by atoms with Crippen LogP contribution in [0.4, 0.5) is 0 Å². The van der Waals surface area contributed by atoms with E-state index >= 15 is 0 Å². The Morgan fingerprint density at radius 3 is 1.70 bits per heavy atom. The van der Waals surface area contributed by atoms with E-state index in [0.29, 0.717) is 12.6 Å². The van der Waals surface area contributed by atoms with Crippen LogP contribution >= 0.6 is 0 Å². The minimum absolute atomic E-state index is 0.187. The van der Waals surface area contributed by atoms with E-state index in [0.717, 1.165) is 6.54 Å². The average Bonchev–Trinajstić information content (AvgIpc) is 2.68. The highest BCUT2D eigenvalue weighted by Gasteiger charge is 2.14. The first kappa shape index (κ1) is 24.5. The molecule has 3 heteroatoms. The molecule has 0 atom stereocenters. The summed E-state index contributed by atoms with van der Waals surface area (Å²) < 4.78 is 0. The first-order valence-electron chi connectivity index (χ1n) is 12.3. The van der Waals surface area contributed by atoms with Crippen molar-refractivity contribution in [2.45, 2.75) is 135 Å². The summed E-state index contributed by atoms with van der Waals surface area (Å²) in [6.07, 6.45) is 25.7. The van der Waals surface area contributed by atoms with Gasteiger partial charge in [0.2, 0.25) is 5.91 Å². The molecule has 0 radical (unpaired) electrons. The average molecular weight is 381 g/mol. The Balaban J connectivity index is 1.72. The lowest BCUT2D eigenvalue weighted by Crippen LogP contribution is -2.41. The smallest absolute Gasteiger partial charge is 0.234 e. The monoisotopic (exact) mass is 380 g/mol. The molecular weight excluding hydrogens is 332 g/mol. The summed E-state index contributed by atoms with van der Waals surface area (Å²) in [6.45, 7) is 3.76. The van der Waals surface area contributed by atoms with Gasteiger partial charge in [-0.3, -0.25) is 4.79 Å². The number of carbonyl (C=O) groups is 1. The Morgan fingerprint density at radius 1 is 0.704 bits per heavy atom. The summed E-state index contributed by atoms with van der Waals surface area (Å²) in [7, 11) is 0. The molecule has 3 nitrogen and oxygen atoms in total. The fourth-order valence-corrected chi connectivity index (χ4v) is 4.17. The molecule has 1 aliphatic carbocycles. The van der Waals surface area contributed by atoms with E-state index in [-0.39, 0.29) is 5.91 Å². The molecule has 0 aromatic rings. The molecule has 2 N–H and O–H groups in total. The van der Waals surface area contributed by atoms with Gasteiger partial charge in [-0.1, -0.05) is 110 Å². The third kappa shape index (κ3) is 16.1. The highest BCUT2D eigenvalue weighted by Crippen LogP contribution is 2.17. The van der Waals surface area contributed by atoms with Gasteiger partial charge in [-0.2, -0.15) is 0 Å². The molecule has 0 spiro atoms. The van der Waals surface area contributed by atoms with Crippen molar-refractivity contribution in [1.29, 1.82) is 0 Å². The van der Waals surface area contributed by atoms with E-state index in [4.69, 9.17) is 0 Å². The zero-order valence-electron chi connectivity index (χ0n) is 18.3. The zero-order chi connectivity index (χ0) is 19.4. The van der Waals surface area contributed by atoms with Gasteiger partial charge in [-0.25, -0.2) is 0 Å². The van der Waals surface area contributed by atoms with Crippen LogP contribution in [0, 0.1) is 0 Å². The van der Waals surface area contributed by atoms with Gasteiger partial charge in [-0.05, 0) is 25.8 Å². The lowest BCUT2D eigenvalue weighted by Gasteiger charge is -2.22. The van der Waals surface area contributed by atoms with Crippen molar-refractivity contribution in [2.75, 3.05) is 13.1 Å². The van der Waals surface area contributed by atoms with Crippen LogP contribution in [0.1, 0.15) is 129 Å². The normalized spacial score (nSPS) is 15.1. The van der Waals surface area contributed by atoms with E-state index in [1.54, 1.807) is 0 Å². The number of amides is 1. The lowest BCUT2D eigenvalue weighted by molar-refractivity contribution is -0.121. The Morgan fingerprint density at radius 2 is 1.19 bits per heavy atom. The second-order valence-electron chi connectivity index (χ2n) is 8.68. The molecule has 27 heavy (non-hydrogen) atoms. The first-order valence-corrected chi connectivity index (χ1v) is 12.3. The van der Waals surface area contributed by atoms with E-state index < -0.39 is 0 Å². The molecule has 0 aromatic heterocycles. The molecule has 1 saturated carbocycles. The van der Waals surface area contributed by atoms with Crippen molar-refractivity contribution >= 4 is 5.91 Å². The predicted molar refractivity (Wildman–Crippen MR) is 118 cm³/mol. The van der Waals surface area contributed by atoms with Crippen molar-refractivity contribution in [3.05, 3.63) is 0 Å². The molecule has 1 aliphatic rings. The highest BCUT2D eigenvalue weighted by atomic mass is 16.1. The van der Waals surface area contributed by atoms with E-state index in [9.17, 15) is 4.79 Å². The molecule has 1 amide bonds. The Kier molecular flexibility index (Phi) is 17.0. The summed E-state index contributed by atoms with van der Waals surface area (Å²) in [4.78, 5) is 11.9. The van der Waals surface area contributed by atoms with Crippen molar-refractivity contribution in [3.63, 3.8) is 0 Å². The first-order chi connectivity index (χ1) is 13.3. The fourth-order valence-electron chi connectivity index (χ4n) is 4.17. The Bertz CT molecular complexity index is 326. The molecule has 1 rings (SSSR count). The van der Waals surface area contributed by atoms with Crippen LogP contribution < -0.4 is 10.6 Å². The quantitative estimate of drug-likeness (QED) is 0.266. The minimum Gasteiger partial charge on any atom is -0.352 e. The predicted octanol–water partition coefficient (Wildman–Crippen LogP) is 6.51. The van der Waals surface area contributed by atoms with Crippen molar-refractivity contribution in [2.24, 2.45) is 0 Å². The number of nitrogens with one attached hydrogen (secondary N) is 2. The molecular formula is C24H48N2O. The van der Waals surface area contributed by atoms with Gasteiger partial charge in [0.05, 0.1) is 6.54 Å². The minimum atomic E-state index is 0.187. The topological polar surface area (TPSA) is 41.1 Å². The van der Waals surface area contributed by atoms with Crippen LogP contribution in [0.15, 0.2) is 0 Å². The maximum atomic E-state index is 11.9.